The van der Waals surface area contributed by atoms with E-state index in [1.165, 1.54) is 30.5 Å². The maximum atomic E-state index is 11.7. The van der Waals surface area contributed by atoms with Crippen molar-refractivity contribution >= 4 is 29.7 Å². The molecule has 1 aromatic heterocycles. The number of nitro groups is 1. The minimum absolute atomic E-state index is 0.00968. The van der Waals surface area contributed by atoms with Crippen LogP contribution in [0.15, 0.2) is 63.8 Å². The van der Waals surface area contributed by atoms with Crippen LogP contribution in [0.2, 0.25) is 0 Å². The topological polar surface area (TPSA) is 94.9 Å². The van der Waals surface area contributed by atoms with Crippen LogP contribution in [0.4, 0.5) is 5.69 Å². The number of furan rings is 1. The van der Waals surface area contributed by atoms with E-state index in [0.29, 0.717) is 5.76 Å². The molecule has 0 saturated heterocycles. The van der Waals surface area contributed by atoms with Crippen molar-refractivity contribution in [1.29, 1.82) is 0 Å². The number of benzene rings is 1. The van der Waals surface area contributed by atoms with Crippen LogP contribution < -0.4 is 0 Å². The molecular weight excluding hydrogens is 300 g/mol. The number of ether oxygens (including phenoxy) is 1. The van der Waals surface area contributed by atoms with Gasteiger partial charge in [0.05, 0.1) is 11.2 Å². The van der Waals surface area contributed by atoms with E-state index in [2.05, 4.69) is 4.99 Å². The van der Waals surface area contributed by atoms with Crippen LogP contribution >= 0.6 is 0 Å². The summed E-state index contributed by atoms with van der Waals surface area (Å²) < 4.78 is 10.1. The zero-order chi connectivity index (χ0) is 16.2. The van der Waals surface area contributed by atoms with Gasteiger partial charge >= 0.3 is 5.97 Å². The summed E-state index contributed by atoms with van der Waals surface area (Å²) in [6.07, 6.45) is 6.13. The monoisotopic (exact) mass is 310 g/mol. The van der Waals surface area contributed by atoms with Gasteiger partial charge in [-0.05, 0) is 35.9 Å². The van der Waals surface area contributed by atoms with Gasteiger partial charge in [-0.3, -0.25) is 10.1 Å². The fourth-order valence-electron chi connectivity index (χ4n) is 1.88. The van der Waals surface area contributed by atoms with Gasteiger partial charge in [0.25, 0.3) is 5.69 Å². The lowest BCUT2D eigenvalue weighted by Gasteiger charge is -1.94. The van der Waals surface area contributed by atoms with Crippen LogP contribution in [-0.2, 0) is 9.53 Å². The number of aliphatic imine (C=N–C) groups is 1. The molecule has 23 heavy (non-hydrogen) atoms. The first-order chi connectivity index (χ1) is 11.1. The number of hydrogen-bond donors (Lipinski definition) is 0. The Morgan fingerprint density at radius 1 is 1.13 bits per heavy atom. The number of hydrogen-bond acceptors (Lipinski definition) is 6. The number of esters is 1. The molecular formula is C16H10N2O5. The van der Waals surface area contributed by atoms with E-state index >= 15 is 0 Å². The average molecular weight is 310 g/mol. The molecule has 114 valence electrons. The molecule has 0 fully saturated rings. The fraction of sp³-hybridized carbons (Fsp3) is 0. The van der Waals surface area contributed by atoms with E-state index in [1.54, 1.807) is 30.3 Å². The van der Waals surface area contributed by atoms with Crippen molar-refractivity contribution < 1.29 is 18.9 Å². The number of carbonyl (C=O) groups is 1. The Morgan fingerprint density at radius 2 is 1.91 bits per heavy atom. The highest BCUT2D eigenvalue weighted by Gasteiger charge is 2.21. The van der Waals surface area contributed by atoms with Crippen LogP contribution in [-0.4, -0.2) is 16.8 Å². The SMILES string of the molecule is O=C1OC(/C=C/c2ccc([N+](=O)[O-])cc2)=NC/1=C/c1ccco1. The summed E-state index contributed by atoms with van der Waals surface area (Å²) in [4.78, 5) is 25.9. The molecule has 0 bridgehead atoms. The number of rotatable bonds is 4. The number of nitro benzene ring substituents is 1. The molecule has 2 heterocycles. The Labute approximate surface area is 130 Å². The molecule has 0 atom stereocenters. The maximum absolute atomic E-state index is 11.7. The van der Waals surface area contributed by atoms with Crippen molar-refractivity contribution in [3.8, 4) is 0 Å². The van der Waals surface area contributed by atoms with Gasteiger partial charge in [-0.15, -0.1) is 0 Å². The van der Waals surface area contributed by atoms with Gasteiger partial charge in [-0.2, -0.15) is 0 Å². The second kappa shape index (κ2) is 6.10. The van der Waals surface area contributed by atoms with Gasteiger partial charge in [-0.1, -0.05) is 0 Å². The Bertz CT molecular complexity index is 830. The van der Waals surface area contributed by atoms with Gasteiger partial charge in [0, 0.05) is 24.3 Å². The highest BCUT2D eigenvalue weighted by molar-refractivity contribution is 6.11. The number of carbonyl (C=O) groups excluding carboxylic acids is 1. The molecule has 1 aromatic carbocycles. The van der Waals surface area contributed by atoms with Crippen molar-refractivity contribution in [2.75, 3.05) is 0 Å². The summed E-state index contributed by atoms with van der Waals surface area (Å²) in [5.41, 5.74) is 0.872. The predicted molar refractivity (Wildman–Crippen MR) is 82.3 cm³/mol. The normalized spacial score (nSPS) is 15.9. The maximum Gasteiger partial charge on any atom is 0.363 e. The summed E-state index contributed by atoms with van der Waals surface area (Å²) in [6.45, 7) is 0. The average Bonchev–Trinajstić information content (AvgIpc) is 3.16. The number of nitrogens with zero attached hydrogens (tertiary/aromatic N) is 2. The van der Waals surface area contributed by atoms with E-state index in [4.69, 9.17) is 9.15 Å². The van der Waals surface area contributed by atoms with Crippen molar-refractivity contribution in [2.24, 2.45) is 4.99 Å². The third kappa shape index (κ3) is 3.41. The van der Waals surface area contributed by atoms with Gasteiger partial charge in [-0.25, -0.2) is 9.79 Å². The molecule has 0 saturated carbocycles. The summed E-state index contributed by atoms with van der Waals surface area (Å²) in [5, 5.41) is 10.6. The molecule has 3 rings (SSSR count). The molecule has 0 spiro atoms. The molecule has 0 unspecified atom stereocenters. The molecule has 0 aliphatic carbocycles. The van der Waals surface area contributed by atoms with Crippen LogP contribution in [0.5, 0.6) is 0 Å². The Morgan fingerprint density at radius 3 is 2.57 bits per heavy atom. The summed E-state index contributed by atoms with van der Waals surface area (Å²) >= 11 is 0. The molecule has 7 nitrogen and oxygen atoms in total. The number of cyclic esters (lactones) is 1. The Kier molecular flexibility index (Phi) is 3.84. The lowest BCUT2D eigenvalue weighted by Crippen LogP contribution is -2.01. The third-order valence-electron chi connectivity index (χ3n) is 2.98. The molecule has 2 aromatic rings. The minimum atomic E-state index is -0.565. The first-order valence-corrected chi connectivity index (χ1v) is 6.60. The van der Waals surface area contributed by atoms with E-state index in [9.17, 15) is 14.9 Å². The highest BCUT2D eigenvalue weighted by atomic mass is 16.6. The van der Waals surface area contributed by atoms with E-state index in [1.807, 2.05) is 0 Å². The second-order valence-electron chi connectivity index (χ2n) is 4.57. The third-order valence-corrected chi connectivity index (χ3v) is 2.98. The van der Waals surface area contributed by atoms with Gasteiger partial charge < -0.3 is 9.15 Å². The van der Waals surface area contributed by atoms with Crippen molar-refractivity contribution in [2.45, 2.75) is 0 Å². The summed E-state index contributed by atoms with van der Waals surface area (Å²) in [5.74, 6) is 0.0807. The van der Waals surface area contributed by atoms with E-state index < -0.39 is 10.9 Å². The standard InChI is InChI=1S/C16H10N2O5/c19-16-14(10-13-2-1-9-22-13)17-15(23-16)8-5-11-3-6-12(7-4-11)18(20)21/h1-10H/b8-5+,14-10+. The van der Waals surface area contributed by atoms with Crippen LogP contribution in [0, 0.1) is 10.1 Å². The van der Waals surface area contributed by atoms with Crippen molar-refractivity contribution in [3.63, 3.8) is 0 Å². The number of non-ortho nitro benzene ring substituents is 1. The molecule has 0 radical (unpaired) electrons. The van der Waals surface area contributed by atoms with Crippen molar-refractivity contribution in [1.82, 2.24) is 0 Å². The van der Waals surface area contributed by atoms with Gasteiger partial charge in [0.2, 0.25) is 5.90 Å². The molecule has 0 N–H and O–H groups in total. The van der Waals surface area contributed by atoms with Crippen molar-refractivity contribution in [3.05, 3.63) is 75.9 Å². The first kappa shape index (κ1) is 14.5. The second-order valence-corrected chi connectivity index (χ2v) is 4.57. The van der Waals surface area contributed by atoms with E-state index in [-0.39, 0.29) is 17.3 Å². The van der Waals surface area contributed by atoms with Crippen LogP contribution in [0.25, 0.3) is 12.2 Å². The lowest BCUT2D eigenvalue weighted by molar-refractivity contribution is -0.384. The largest absolute Gasteiger partial charge is 0.465 e. The molecule has 1 aliphatic rings. The lowest BCUT2D eigenvalue weighted by atomic mass is 10.2. The van der Waals surface area contributed by atoms with Crippen LogP contribution in [0.1, 0.15) is 11.3 Å². The molecule has 1 aliphatic heterocycles. The van der Waals surface area contributed by atoms with Crippen LogP contribution in [0.3, 0.4) is 0 Å². The molecule has 7 heteroatoms. The van der Waals surface area contributed by atoms with E-state index in [0.717, 1.165) is 5.56 Å². The minimum Gasteiger partial charge on any atom is -0.465 e. The zero-order valence-electron chi connectivity index (χ0n) is 11.7. The Hall–Kier alpha value is -3.48. The Balaban J connectivity index is 1.75. The molecule has 0 amide bonds. The van der Waals surface area contributed by atoms with Gasteiger partial charge in [0.1, 0.15) is 5.76 Å². The quantitative estimate of drug-likeness (QED) is 0.374. The zero-order valence-corrected chi connectivity index (χ0v) is 11.7. The summed E-state index contributed by atoms with van der Waals surface area (Å²) in [6, 6.07) is 9.36. The highest BCUT2D eigenvalue weighted by Crippen LogP contribution is 2.17. The fourth-order valence-corrected chi connectivity index (χ4v) is 1.88. The van der Waals surface area contributed by atoms with Gasteiger partial charge in [0.15, 0.2) is 5.70 Å². The predicted octanol–water partition coefficient (Wildman–Crippen LogP) is 3.20. The first-order valence-electron chi connectivity index (χ1n) is 6.60. The summed E-state index contributed by atoms with van der Waals surface area (Å²) in [7, 11) is 0. The smallest absolute Gasteiger partial charge is 0.363 e.